The summed E-state index contributed by atoms with van der Waals surface area (Å²) in [4.78, 5) is 9.42. The zero-order valence-corrected chi connectivity index (χ0v) is 32.1. The van der Waals surface area contributed by atoms with Gasteiger partial charge in [-0.3, -0.25) is 9.98 Å². The molecule has 0 aliphatic heterocycles. The van der Waals surface area contributed by atoms with Gasteiger partial charge in [0, 0.05) is 44.6 Å². The molecule has 0 fully saturated rings. The van der Waals surface area contributed by atoms with E-state index < -0.39 is 0 Å². The molecule has 0 spiro atoms. The van der Waals surface area contributed by atoms with Gasteiger partial charge >= 0.3 is 0 Å². The Labute approximate surface area is 307 Å². The maximum absolute atomic E-state index is 11.1. The fourth-order valence-electron chi connectivity index (χ4n) is 6.35. The average molecular weight is 832 g/mol. The Bertz CT molecular complexity index is 1780. The second kappa shape index (κ2) is 16.4. The second-order valence-electron chi connectivity index (χ2n) is 13.8. The predicted octanol–water partition coefficient (Wildman–Crippen LogP) is 12.4. The Balaban J connectivity index is 0.00000541. The summed E-state index contributed by atoms with van der Waals surface area (Å²) < 4.78 is 0. The Morgan fingerprint density at radius 2 is 0.776 bits per heavy atom. The number of rotatable bonds is 10. The number of benzene rings is 5. The van der Waals surface area contributed by atoms with Gasteiger partial charge in [0.1, 0.15) is 11.5 Å². The van der Waals surface area contributed by atoms with E-state index in [0.29, 0.717) is 46.2 Å². The number of phenolic OH excluding ortho intramolecular Hbond substituents is 2. The molecule has 0 aliphatic carbocycles. The summed E-state index contributed by atoms with van der Waals surface area (Å²) in [6.45, 7) is 17.6. The maximum Gasteiger partial charge on any atom is 0.124 e. The van der Waals surface area contributed by atoms with E-state index in [4.69, 9.17) is 9.98 Å². The third-order valence-corrected chi connectivity index (χ3v) is 8.95. The number of aromatic hydroxyl groups is 2. The fourth-order valence-corrected chi connectivity index (χ4v) is 6.35. The number of para-hydroxylation sites is 2. The molecule has 5 heteroatoms. The molecule has 0 saturated heterocycles. The molecular weight excluding hydrogens is 784 g/mol. The molecule has 0 saturated carbocycles. The van der Waals surface area contributed by atoms with Crippen LogP contribution in [0.25, 0.3) is 22.3 Å². The molecule has 0 radical (unpaired) electrons. The van der Waals surface area contributed by atoms with Crippen LogP contribution in [0.3, 0.4) is 0 Å². The molecule has 2 N–H and O–H groups in total. The van der Waals surface area contributed by atoms with Crippen molar-refractivity contribution in [3.8, 4) is 33.8 Å². The van der Waals surface area contributed by atoms with E-state index in [2.05, 4.69) is 104 Å². The van der Waals surface area contributed by atoms with Gasteiger partial charge in [0.05, 0.1) is 11.4 Å². The van der Waals surface area contributed by atoms with Crippen LogP contribution >= 0.6 is 0 Å². The van der Waals surface area contributed by atoms with Gasteiger partial charge < -0.3 is 10.2 Å². The first kappa shape index (κ1) is 37.5. The summed E-state index contributed by atoms with van der Waals surface area (Å²) in [6.07, 6.45) is 3.35. The zero-order chi connectivity index (χ0) is 34.5. The van der Waals surface area contributed by atoms with Gasteiger partial charge in [-0.25, -0.2) is 0 Å². The van der Waals surface area contributed by atoms with Crippen LogP contribution in [0.5, 0.6) is 11.5 Å². The van der Waals surface area contributed by atoms with Crippen LogP contribution in [-0.4, -0.2) is 22.6 Å². The molecule has 0 unspecified atom stereocenters. The van der Waals surface area contributed by atoms with Crippen LogP contribution in [-0.2, 0) is 21.1 Å². The van der Waals surface area contributed by atoms with Crippen molar-refractivity contribution in [3.63, 3.8) is 0 Å². The van der Waals surface area contributed by atoms with Crippen molar-refractivity contribution in [1.82, 2.24) is 0 Å². The zero-order valence-electron chi connectivity index (χ0n) is 29.8. The van der Waals surface area contributed by atoms with Crippen molar-refractivity contribution in [2.75, 3.05) is 0 Å². The number of hydrogen-bond donors (Lipinski definition) is 2. The normalized spacial score (nSPS) is 11.8. The Morgan fingerprint density at radius 3 is 1.06 bits per heavy atom. The Morgan fingerprint density at radius 1 is 0.449 bits per heavy atom. The number of hydrogen-bond acceptors (Lipinski definition) is 4. The van der Waals surface area contributed by atoms with Gasteiger partial charge in [0.25, 0.3) is 0 Å². The number of nitrogens with zero attached hydrogens (tertiary/aromatic N) is 2. The molecule has 256 valence electrons. The van der Waals surface area contributed by atoms with Crippen molar-refractivity contribution in [2.24, 2.45) is 9.98 Å². The van der Waals surface area contributed by atoms with Crippen LogP contribution < -0.4 is 0 Å². The van der Waals surface area contributed by atoms with E-state index in [1.807, 2.05) is 48.5 Å². The molecule has 5 rings (SSSR count). The second-order valence-corrected chi connectivity index (χ2v) is 13.8. The van der Waals surface area contributed by atoms with Crippen molar-refractivity contribution in [1.29, 1.82) is 0 Å². The Hall–Kier alpha value is -4.27. The summed E-state index contributed by atoms with van der Waals surface area (Å²) in [6, 6.07) is 32.2. The third-order valence-electron chi connectivity index (χ3n) is 8.95. The van der Waals surface area contributed by atoms with Crippen LogP contribution in [0.2, 0.25) is 0 Å². The quantitative estimate of drug-likeness (QED) is 0.138. The number of aliphatic imine (C=N–C) groups is 2. The predicted molar refractivity (Wildman–Crippen MR) is 204 cm³/mol. The van der Waals surface area contributed by atoms with E-state index in [0.717, 1.165) is 11.1 Å². The molecule has 4 nitrogen and oxygen atoms in total. The van der Waals surface area contributed by atoms with Crippen molar-refractivity contribution >= 4 is 23.8 Å². The minimum atomic E-state index is 0. The smallest absolute Gasteiger partial charge is 0.124 e. The first-order valence-corrected chi connectivity index (χ1v) is 17.1. The molecule has 49 heavy (non-hydrogen) atoms. The van der Waals surface area contributed by atoms with Gasteiger partial charge in [-0.2, -0.15) is 0 Å². The van der Waals surface area contributed by atoms with Crippen molar-refractivity contribution in [2.45, 2.75) is 79.1 Å². The SMILES string of the molecule is CC(C)c1cccc(C(C)C)c1-c1ccc(C=Nc2ccccc2N=Cc2ccc(-c3c(C(C)C)cccc3C(C)C)cc2O)c(O)c1.[Pt]. The largest absolute Gasteiger partial charge is 0.507 e. The molecule has 0 atom stereocenters. The molecular formula is C44H48N2O2Pt. The summed E-state index contributed by atoms with van der Waals surface area (Å²) in [5, 5.41) is 22.2. The third kappa shape index (κ3) is 8.49. The van der Waals surface area contributed by atoms with Gasteiger partial charge in [-0.05, 0) is 105 Å². The molecule has 5 aromatic carbocycles. The topological polar surface area (TPSA) is 65.2 Å². The molecule has 0 bridgehead atoms. The van der Waals surface area contributed by atoms with E-state index in [1.54, 1.807) is 12.4 Å². The average Bonchev–Trinajstić information content (AvgIpc) is 3.06. The monoisotopic (exact) mass is 831 g/mol. The Kier molecular flexibility index (Phi) is 12.6. The summed E-state index contributed by atoms with van der Waals surface area (Å²) in [5.41, 5.74) is 12.1. The van der Waals surface area contributed by atoms with E-state index in [-0.39, 0.29) is 32.6 Å². The van der Waals surface area contributed by atoms with Crippen LogP contribution in [0.15, 0.2) is 107 Å². The summed E-state index contributed by atoms with van der Waals surface area (Å²) >= 11 is 0. The molecule has 0 heterocycles. The fraction of sp³-hybridized carbons (Fsp3) is 0.273. The van der Waals surface area contributed by atoms with Gasteiger partial charge in [0.15, 0.2) is 0 Å². The van der Waals surface area contributed by atoms with Crippen LogP contribution in [0.1, 0.15) is 112 Å². The summed E-state index contributed by atoms with van der Waals surface area (Å²) in [7, 11) is 0. The van der Waals surface area contributed by atoms with Gasteiger partial charge in [0.2, 0.25) is 0 Å². The number of phenols is 2. The maximum atomic E-state index is 11.1. The van der Waals surface area contributed by atoms with Crippen LogP contribution in [0, 0.1) is 0 Å². The summed E-state index contributed by atoms with van der Waals surface area (Å²) in [5.74, 6) is 1.79. The molecule has 0 aromatic heterocycles. The minimum absolute atomic E-state index is 0. The van der Waals surface area contributed by atoms with Crippen molar-refractivity contribution < 1.29 is 31.3 Å². The molecule has 0 aliphatic rings. The first-order valence-electron chi connectivity index (χ1n) is 17.1. The molecule has 5 aromatic rings. The van der Waals surface area contributed by atoms with E-state index >= 15 is 0 Å². The van der Waals surface area contributed by atoms with Gasteiger partial charge in [-0.1, -0.05) is 116 Å². The molecule has 0 amide bonds. The standard InChI is InChI=1S/C44H48N2O2.Pt/c1-27(2)35-13-11-14-36(28(3)4)43(35)31-19-21-33(41(47)23-31)25-45-39-17-9-10-18-40(39)46-26-34-22-20-32(24-42(34)48)44-37(29(5)6)15-12-16-38(44)30(7)8;/h9-30,47-48H,1-8H3;. The minimum Gasteiger partial charge on any atom is -0.507 e. The van der Waals surface area contributed by atoms with E-state index in [9.17, 15) is 10.2 Å². The van der Waals surface area contributed by atoms with Crippen molar-refractivity contribution in [3.05, 3.63) is 130 Å². The first-order chi connectivity index (χ1) is 23.0. The van der Waals surface area contributed by atoms with Crippen LogP contribution in [0.4, 0.5) is 11.4 Å². The van der Waals surface area contributed by atoms with E-state index in [1.165, 1.54) is 33.4 Å². The van der Waals surface area contributed by atoms with Gasteiger partial charge in [-0.15, -0.1) is 0 Å².